The molecule has 1 unspecified atom stereocenters. The van der Waals surface area contributed by atoms with Crippen LogP contribution in [0.25, 0.3) is 0 Å². The number of halogens is 1. The van der Waals surface area contributed by atoms with Gasteiger partial charge < -0.3 is 11.1 Å². The molecule has 82 valence electrons. The van der Waals surface area contributed by atoms with Crippen LogP contribution in [0.3, 0.4) is 0 Å². The lowest BCUT2D eigenvalue weighted by Gasteiger charge is -2.07. The Morgan fingerprint density at radius 1 is 1.53 bits per heavy atom. The lowest BCUT2D eigenvalue weighted by atomic mass is 10.1. The van der Waals surface area contributed by atoms with E-state index in [-0.39, 0.29) is 0 Å². The summed E-state index contributed by atoms with van der Waals surface area (Å²) < 4.78 is 0. The van der Waals surface area contributed by atoms with E-state index < -0.39 is 0 Å². The number of hydrogen-bond acceptors (Lipinski definition) is 2. The van der Waals surface area contributed by atoms with Crippen molar-refractivity contribution in [2.45, 2.75) is 32.9 Å². The molecule has 1 atom stereocenters. The highest BCUT2D eigenvalue weighted by atomic mass is 35.5. The normalized spacial score (nSPS) is 22.7. The van der Waals surface area contributed by atoms with E-state index in [4.69, 9.17) is 17.3 Å². The van der Waals surface area contributed by atoms with Crippen molar-refractivity contribution in [3.8, 4) is 0 Å². The SMILES string of the molecule is CC1(C)CC1NCc1ccc(N)c(Cl)c1. The van der Waals surface area contributed by atoms with Gasteiger partial charge in [0.25, 0.3) is 0 Å². The highest BCUT2D eigenvalue weighted by Gasteiger charge is 2.44. The van der Waals surface area contributed by atoms with Crippen LogP contribution >= 0.6 is 11.6 Å². The lowest BCUT2D eigenvalue weighted by Crippen LogP contribution is -2.19. The molecule has 0 spiro atoms. The molecule has 0 radical (unpaired) electrons. The Labute approximate surface area is 95.8 Å². The van der Waals surface area contributed by atoms with Crippen molar-refractivity contribution in [1.29, 1.82) is 0 Å². The van der Waals surface area contributed by atoms with Gasteiger partial charge in [-0.1, -0.05) is 31.5 Å². The van der Waals surface area contributed by atoms with Gasteiger partial charge in [0.05, 0.1) is 10.7 Å². The predicted octanol–water partition coefficient (Wildman–Crippen LogP) is 2.81. The summed E-state index contributed by atoms with van der Waals surface area (Å²) in [5.74, 6) is 0. The molecule has 0 saturated heterocycles. The van der Waals surface area contributed by atoms with E-state index in [1.54, 1.807) is 0 Å². The molecule has 1 fully saturated rings. The summed E-state index contributed by atoms with van der Waals surface area (Å²) in [6.07, 6.45) is 1.26. The first-order chi connectivity index (χ1) is 6.99. The van der Waals surface area contributed by atoms with E-state index in [9.17, 15) is 0 Å². The minimum absolute atomic E-state index is 0.470. The number of nitrogen functional groups attached to an aromatic ring is 1. The maximum absolute atomic E-state index is 5.95. The maximum atomic E-state index is 5.95. The van der Waals surface area contributed by atoms with Crippen LogP contribution in [0.2, 0.25) is 5.02 Å². The number of nitrogens with two attached hydrogens (primary N) is 1. The Bertz CT molecular complexity index is 374. The van der Waals surface area contributed by atoms with Crippen LogP contribution in [0.15, 0.2) is 18.2 Å². The number of rotatable bonds is 3. The molecule has 2 rings (SSSR count). The summed E-state index contributed by atoms with van der Waals surface area (Å²) in [5, 5.41) is 4.15. The fraction of sp³-hybridized carbons (Fsp3) is 0.500. The van der Waals surface area contributed by atoms with Crippen LogP contribution in [0.1, 0.15) is 25.8 Å². The number of hydrogen-bond donors (Lipinski definition) is 2. The topological polar surface area (TPSA) is 38.0 Å². The van der Waals surface area contributed by atoms with E-state index in [0.717, 1.165) is 6.54 Å². The average Bonchev–Trinajstić information content (AvgIpc) is 2.77. The predicted molar refractivity (Wildman–Crippen MR) is 64.9 cm³/mol. The first-order valence-corrected chi connectivity index (χ1v) is 5.64. The molecule has 3 N–H and O–H groups in total. The van der Waals surface area contributed by atoms with Crippen LogP contribution < -0.4 is 11.1 Å². The zero-order valence-electron chi connectivity index (χ0n) is 9.18. The maximum Gasteiger partial charge on any atom is 0.0638 e. The second-order valence-corrected chi connectivity index (χ2v) is 5.39. The monoisotopic (exact) mass is 224 g/mol. The van der Waals surface area contributed by atoms with E-state index in [2.05, 4.69) is 19.2 Å². The standard InChI is InChI=1S/C12H17ClN2/c1-12(2)6-11(12)15-7-8-3-4-10(14)9(13)5-8/h3-5,11,15H,6-7,14H2,1-2H3. The molecule has 2 nitrogen and oxygen atoms in total. The van der Waals surface area contributed by atoms with Gasteiger partial charge in [-0.25, -0.2) is 0 Å². The largest absolute Gasteiger partial charge is 0.398 e. The van der Waals surface area contributed by atoms with Gasteiger partial charge in [0.1, 0.15) is 0 Å². The fourth-order valence-corrected chi connectivity index (χ4v) is 1.94. The van der Waals surface area contributed by atoms with Crippen molar-refractivity contribution >= 4 is 17.3 Å². The first-order valence-electron chi connectivity index (χ1n) is 5.26. The van der Waals surface area contributed by atoms with Gasteiger partial charge in [0.2, 0.25) is 0 Å². The fourth-order valence-electron chi connectivity index (χ4n) is 1.74. The molecule has 3 heteroatoms. The zero-order valence-corrected chi connectivity index (χ0v) is 9.93. The van der Waals surface area contributed by atoms with Crippen LogP contribution in [0.4, 0.5) is 5.69 Å². The van der Waals surface area contributed by atoms with Gasteiger partial charge in [-0.15, -0.1) is 0 Å². The minimum atomic E-state index is 0.470. The second kappa shape index (κ2) is 3.69. The van der Waals surface area contributed by atoms with Crippen molar-refractivity contribution in [3.05, 3.63) is 28.8 Å². The Morgan fingerprint density at radius 2 is 2.20 bits per heavy atom. The molecule has 0 bridgehead atoms. The Hall–Kier alpha value is -0.730. The Balaban J connectivity index is 1.92. The third-order valence-electron chi connectivity index (χ3n) is 3.13. The van der Waals surface area contributed by atoms with E-state index in [0.29, 0.717) is 22.2 Å². The van der Waals surface area contributed by atoms with Crippen LogP contribution in [0.5, 0.6) is 0 Å². The molecule has 1 aromatic rings. The molecular weight excluding hydrogens is 208 g/mol. The highest BCUT2D eigenvalue weighted by Crippen LogP contribution is 2.44. The number of benzene rings is 1. The van der Waals surface area contributed by atoms with Gasteiger partial charge in [0.15, 0.2) is 0 Å². The second-order valence-electron chi connectivity index (χ2n) is 4.98. The molecule has 0 aliphatic heterocycles. The smallest absolute Gasteiger partial charge is 0.0638 e. The molecule has 0 aromatic heterocycles. The van der Waals surface area contributed by atoms with Gasteiger partial charge in [-0.3, -0.25) is 0 Å². The molecule has 0 heterocycles. The van der Waals surface area contributed by atoms with Gasteiger partial charge in [-0.2, -0.15) is 0 Å². The van der Waals surface area contributed by atoms with Gasteiger partial charge in [0, 0.05) is 12.6 Å². The molecule has 1 aliphatic carbocycles. The molecule has 0 amide bonds. The van der Waals surface area contributed by atoms with Crippen molar-refractivity contribution in [2.24, 2.45) is 5.41 Å². The average molecular weight is 225 g/mol. The Kier molecular flexibility index (Phi) is 2.65. The van der Waals surface area contributed by atoms with Crippen molar-refractivity contribution < 1.29 is 0 Å². The third-order valence-corrected chi connectivity index (χ3v) is 3.46. The summed E-state index contributed by atoms with van der Waals surface area (Å²) in [6.45, 7) is 5.43. The quantitative estimate of drug-likeness (QED) is 0.775. The molecule has 15 heavy (non-hydrogen) atoms. The Morgan fingerprint density at radius 3 is 2.73 bits per heavy atom. The summed E-state index contributed by atoms with van der Waals surface area (Å²) in [7, 11) is 0. The zero-order chi connectivity index (χ0) is 11.1. The van der Waals surface area contributed by atoms with E-state index in [1.807, 2.05) is 18.2 Å². The first kappa shape index (κ1) is 10.8. The molecule has 1 aliphatic rings. The summed E-state index contributed by atoms with van der Waals surface area (Å²) in [6, 6.07) is 6.45. The van der Waals surface area contributed by atoms with Crippen molar-refractivity contribution in [2.75, 3.05) is 5.73 Å². The van der Waals surface area contributed by atoms with Crippen molar-refractivity contribution in [1.82, 2.24) is 5.32 Å². The highest BCUT2D eigenvalue weighted by molar-refractivity contribution is 6.33. The van der Waals surface area contributed by atoms with E-state index in [1.165, 1.54) is 12.0 Å². The van der Waals surface area contributed by atoms with Crippen LogP contribution in [-0.4, -0.2) is 6.04 Å². The van der Waals surface area contributed by atoms with Gasteiger partial charge in [-0.05, 0) is 29.5 Å². The summed E-state index contributed by atoms with van der Waals surface area (Å²) >= 11 is 5.95. The molecule has 1 aromatic carbocycles. The summed E-state index contributed by atoms with van der Waals surface area (Å²) in [5.41, 5.74) is 7.95. The summed E-state index contributed by atoms with van der Waals surface area (Å²) in [4.78, 5) is 0. The third kappa shape index (κ3) is 2.44. The molecular formula is C12H17ClN2. The lowest BCUT2D eigenvalue weighted by molar-refractivity contribution is 0.542. The van der Waals surface area contributed by atoms with Gasteiger partial charge >= 0.3 is 0 Å². The number of nitrogens with one attached hydrogen (secondary N) is 1. The van der Waals surface area contributed by atoms with Crippen molar-refractivity contribution in [3.63, 3.8) is 0 Å². The molecule has 1 saturated carbocycles. The van der Waals surface area contributed by atoms with Crippen LogP contribution in [-0.2, 0) is 6.54 Å². The van der Waals surface area contributed by atoms with Crippen LogP contribution in [0, 0.1) is 5.41 Å². The minimum Gasteiger partial charge on any atom is -0.398 e. The number of anilines is 1. The van der Waals surface area contributed by atoms with E-state index >= 15 is 0 Å².